The largest absolute Gasteiger partial charge is 0.350 e. The monoisotopic (exact) mass is 369 g/mol. The number of hydrogen-bond acceptors (Lipinski definition) is 1. The third-order valence-electron chi connectivity index (χ3n) is 4.02. The quantitative estimate of drug-likeness (QED) is 0.507. The van der Waals surface area contributed by atoms with Gasteiger partial charge in [-0.1, -0.05) is 55.3 Å². The van der Waals surface area contributed by atoms with Crippen LogP contribution in [0.2, 0.25) is 10.0 Å². The lowest BCUT2D eigenvalue weighted by molar-refractivity contribution is -0.119. The van der Waals surface area contributed by atoms with Crippen LogP contribution in [0, 0.1) is 11.8 Å². The summed E-state index contributed by atoms with van der Waals surface area (Å²) in [6.45, 7) is 6.00. The lowest BCUT2D eigenvalue weighted by Gasteiger charge is -2.06. The number of amides is 1. The van der Waals surface area contributed by atoms with Crippen LogP contribution in [0.4, 0.5) is 4.39 Å². The van der Waals surface area contributed by atoms with Gasteiger partial charge in [0.1, 0.15) is 0 Å². The fourth-order valence-corrected chi connectivity index (χ4v) is 2.75. The van der Waals surface area contributed by atoms with Gasteiger partial charge in [0.05, 0.1) is 10.0 Å². The van der Waals surface area contributed by atoms with Gasteiger partial charge in [0, 0.05) is 6.54 Å². The van der Waals surface area contributed by atoms with E-state index in [4.69, 9.17) is 23.2 Å². The molecular weight excluding hydrogens is 348 g/mol. The van der Waals surface area contributed by atoms with E-state index in [9.17, 15) is 9.18 Å². The molecule has 1 aromatic carbocycles. The number of nitrogens with one attached hydrogen (secondary N) is 1. The molecule has 24 heavy (non-hydrogen) atoms. The maximum Gasteiger partial charge on any atom is 0.280 e. The highest BCUT2D eigenvalue weighted by molar-refractivity contribution is 6.42. The highest BCUT2D eigenvalue weighted by Gasteiger charge is 2.36. The van der Waals surface area contributed by atoms with Crippen LogP contribution in [0.1, 0.15) is 38.7 Å². The second kappa shape index (κ2) is 8.17. The molecule has 0 saturated heterocycles. The van der Waals surface area contributed by atoms with E-state index in [1.54, 1.807) is 19.1 Å². The second-order valence-electron chi connectivity index (χ2n) is 6.64. The summed E-state index contributed by atoms with van der Waals surface area (Å²) in [6.07, 6.45) is 4.63. The van der Waals surface area contributed by atoms with Gasteiger partial charge in [-0.3, -0.25) is 4.79 Å². The third kappa shape index (κ3) is 5.09. The highest BCUT2D eigenvalue weighted by atomic mass is 35.5. The van der Waals surface area contributed by atoms with E-state index in [1.165, 1.54) is 0 Å². The Morgan fingerprint density at radius 1 is 1.38 bits per heavy atom. The maximum atomic E-state index is 14.0. The molecule has 0 radical (unpaired) electrons. The van der Waals surface area contributed by atoms with Crippen LogP contribution in [-0.4, -0.2) is 12.5 Å². The first-order valence-electron chi connectivity index (χ1n) is 8.07. The molecule has 0 aromatic heterocycles. The predicted molar refractivity (Wildman–Crippen MR) is 98.1 cm³/mol. The summed E-state index contributed by atoms with van der Waals surface area (Å²) in [6, 6.07) is 5.64. The summed E-state index contributed by atoms with van der Waals surface area (Å²) >= 11 is 12.0. The lowest BCUT2D eigenvalue weighted by Crippen LogP contribution is -2.27. The van der Waals surface area contributed by atoms with E-state index in [-0.39, 0.29) is 5.92 Å². The minimum atomic E-state index is -0.723. The van der Waals surface area contributed by atoms with Crippen LogP contribution in [-0.2, 0) is 4.79 Å². The van der Waals surface area contributed by atoms with Gasteiger partial charge < -0.3 is 5.32 Å². The average Bonchev–Trinajstić information content (AvgIpc) is 3.31. The van der Waals surface area contributed by atoms with Crippen molar-refractivity contribution in [2.45, 2.75) is 33.1 Å². The smallest absolute Gasteiger partial charge is 0.280 e. The SMILES string of the molecule is CC(/C=C/C1CC1c1ccc(Cl)c(Cl)c1)=C(/F)C(=O)NCC(C)C. The van der Waals surface area contributed by atoms with Gasteiger partial charge in [0.15, 0.2) is 5.83 Å². The first-order chi connectivity index (χ1) is 11.3. The number of rotatable bonds is 6. The molecule has 0 spiro atoms. The first-order valence-corrected chi connectivity index (χ1v) is 8.83. The normalized spacial score (nSPS) is 21.1. The van der Waals surface area contributed by atoms with Crippen LogP contribution in [0.15, 0.2) is 41.8 Å². The standard InChI is InChI=1S/C19H22Cl2FNO/c1-11(2)10-23-19(24)18(22)12(3)4-5-13-8-15(13)14-6-7-16(20)17(21)9-14/h4-7,9,11,13,15H,8,10H2,1-3H3,(H,23,24)/b5-4+,18-12-. The molecule has 1 aliphatic carbocycles. The van der Waals surface area contributed by atoms with Gasteiger partial charge >= 0.3 is 0 Å². The Kier molecular flexibility index (Phi) is 6.47. The van der Waals surface area contributed by atoms with Crippen LogP contribution in [0.5, 0.6) is 0 Å². The third-order valence-corrected chi connectivity index (χ3v) is 4.76. The van der Waals surface area contributed by atoms with Crippen molar-refractivity contribution in [1.29, 1.82) is 0 Å². The number of benzene rings is 1. The van der Waals surface area contributed by atoms with Crippen LogP contribution >= 0.6 is 23.2 Å². The summed E-state index contributed by atoms with van der Waals surface area (Å²) in [5, 5.41) is 3.67. The molecule has 1 aliphatic rings. The molecule has 1 fully saturated rings. The van der Waals surface area contributed by atoms with Crippen LogP contribution < -0.4 is 5.32 Å². The van der Waals surface area contributed by atoms with E-state index < -0.39 is 11.7 Å². The Morgan fingerprint density at radius 2 is 2.08 bits per heavy atom. The Hall–Kier alpha value is -1.32. The van der Waals surface area contributed by atoms with Crippen molar-refractivity contribution >= 4 is 29.1 Å². The molecule has 2 nitrogen and oxygen atoms in total. The first kappa shape index (κ1) is 19.0. The Labute approximate surface area is 152 Å². The van der Waals surface area contributed by atoms with Crippen LogP contribution in [0.3, 0.4) is 0 Å². The fourth-order valence-electron chi connectivity index (χ4n) is 2.45. The van der Waals surface area contributed by atoms with Crippen molar-refractivity contribution in [1.82, 2.24) is 5.32 Å². The topological polar surface area (TPSA) is 29.1 Å². The van der Waals surface area contributed by atoms with Crippen LogP contribution in [0.25, 0.3) is 0 Å². The second-order valence-corrected chi connectivity index (χ2v) is 7.45. The maximum absolute atomic E-state index is 14.0. The number of carbonyl (C=O) groups is 1. The molecule has 0 bridgehead atoms. The predicted octanol–water partition coefficient (Wildman–Crippen LogP) is 5.67. The summed E-state index contributed by atoms with van der Waals surface area (Å²) < 4.78 is 14.0. The van der Waals surface area contributed by atoms with Gasteiger partial charge in [-0.25, -0.2) is 4.39 Å². The fraction of sp³-hybridized carbons (Fsp3) is 0.421. The van der Waals surface area contributed by atoms with Gasteiger partial charge in [-0.15, -0.1) is 0 Å². The van der Waals surface area contributed by atoms with Gasteiger partial charge in [-0.05, 0) is 54.4 Å². The molecule has 0 heterocycles. The molecule has 2 atom stereocenters. The zero-order valence-corrected chi connectivity index (χ0v) is 15.6. The molecule has 130 valence electrons. The minimum Gasteiger partial charge on any atom is -0.350 e. The number of carbonyl (C=O) groups excluding carboxylic acids is 1. The molecule has 2 unspecified atom stereocenters. The van der Waals surface area contributed by atoms with Crippen molar-refractivity contribution in [2.24, 2.45) is 11.8 Å². The van der Waals surface area contributed by atoms with Crippen molar-refractivity contribution in [3.63, 3.8) is 0 Å². The van der Waals surface area contributed by atoms with E-state index in [1.807, 2.05) is 32.1 Å². The molecule has 0 aliphatic heterocycles. The zero-order chi connectivity index (χ0) is 17.9. The number of halogens is 3. The van der Waals surface area contributed by atoms with E-state index in [0.717, 1.165) is 12.0 Å². The summed E-state index contributed by atoms with van der Waals surface area (Å²) in [7, 11) is 0. The van der Waals surface area contributed by atoms with E-state index in [2.05, 4.69) is 5.32 Å². The minimum absolute atomic E-state index is 0.288. The van der Waals surface area contributed by atoms with Gasteiger partial charge in [0.25, 0.3) is 5.91 Å². The molecule has 1 N–H and O–H groups in total. The number of hydrogen-bond donors (Lipinski definition) is 1. The van der Waals surface area contributed by atoms with E-state index >= 15 is 0 Å². The van der Waals surface area contributed by atoms with Gasteiger partial charge in [0.2, 0.25) is 0 Å². The summed E-state index contributed by atoms with van der Waals surface area (Å²) in [5.41, 5.74) is 1.48. The highest BCUT2D eigenvalue weighted by Crippen LogP contribution is 2.49. The van der Waals surface area contributed by atoms with Crippen molar-refractivity contribution in [3.8, 4) is 0 Å². The summed E-state index contributed by atoms with van der Waals surface area (Å²) in [5.74, 6) is -0.372. The molecule has 5 heteroatoms. The Balaban J connectivity index is 1.95. The average molecular weight is 370 g/mol. The van der Waals surface area contributed by atoms with Crippen molar-refractivity contribution in [2.75, 3.05) is 6.54 Å². The van der Waals surface area contributed by atoms with Crippen molar-refractivity contribution in [3.05, 3.63) is 57.4 Å². The Morgan fingerprint density at radius 3 is 2.71 bits per heavy atom. The zero-order valence-electron chi connectivity index (χ0n) is 14.1. The lowest BCUT2D eigenvalue weighted by atomic mass is 10.1. The van der Waals surface area contributed by atoms with Gasteiger partial charge in [-0.2, -0.15) is 0 Å². The molecular formula is C19H22Cl2FNO. The molecule has 1 saturated carbocycles. The Bertz CT molecular complexity index is 682. The number of allylic oxidation sites excluding steroid dienone is 3. The molecule has 1 amide bonds. The molecule has 2 rings (SSSR count). The molecule has 1 aromatic rings. The van der Waals surface area contributed by atoms with Crippen molar-refractivity contribution < 1.29 is 9.18 Å². The van der Waals surface area contributed by atoms with E-state index in [0.29, 0.717) is 34.0 Å². The summed E-state index contributed by atoms with van der Waals surface area (Å²) in [4.78, 5) is 11.7.